The molecule has 1 amide bonds. The lowest BCUT2D eigenvalue weighted by atomic mass is 10.0. The second kappa shape index (κ2) is 5.77. The van der Waals surface area contributed by atoms with E-state index in [1.165, 1.54) is 7.11 Å². The van der Waals surface area contributed by atoms with Crippen molar-refractivity contribution in [2.75, 3.05) is 13.7 Å². The van der Waals surface area contributed by atoms with Crippen LogP contribution in [-0.2, 0) is 17.7 Å². The van der Waals surface area contributed by atoms with Crippen LogP contribution in [0.25, 0.3) is 10.9 Å². The fourth-order valence-electron chi connectivity index (χ4n) is 3.25. The van der Waals surface area contributed by atoms with Crippen molar-refractivity contribution in [1.29, 1.82) is 0 Å². The monoisotopic (exact) mass is 339 g/mol. The Morgan fingerprint density at radius 1 is 1.32 bits per heavy atom. The zero-order valence-corrected chi connectivity index (χ0v) is 14.0. The van der Waals surface area contributed by atoms with Crippen LogP contribution < -0.4 is 0 Å². The van der Waals surface area contributed by atoms with E-state index in [1.54, 1.807) is 24.0 Å². The summed E-state index contributed by atoms with van der Waals surface area (Å²) >= 11 is 0. The van der Waals surface area contributed by atoms with Gasteiger partial charge in [0.15, 0.2) is 0 Å². The van der Waals surface area contributed by atoms with Gasteiger partial charge in [0.1, 0.15) is 0 Å². The number of fused-ring (bicyclic) bond motifs is 3. The first kappa shape index (κ1) is 15.4. The van der Waals surface area contributed by atoms with Gasteiger partial charge in [-0.1, -0.05) is 5.16 Å². The van der Waals surface area contributed by atoms with Crippen molar-refractivity contribution in [2.24, 2.45) is 0 Å². The second-order valence-electron chi connectivity index (χ2n) is 6.14. The second-order valence-corrected chi connectivity index (χ2v) is 6.14. The Morgan fingerprint density at radius 2 is 2.16 bits per heavy atom. The lowest BCUT2D eigenvalue weighted by Crippen LogP contribution is -2.35. The number of ether oxygens (including phenoxy) is 1. The van der Waals surface area contributed by atoms with Crippen molar-refractivity contribution in [3.8, 4) is 0 Å². The number of nitrogens with one attached hydrogen (secondary N) is 1. The number of benzene rings is 1. The van der Waals surface area contributed by atoms with Crippen LogP contribution in [0.15, 0.2) is 28.8 Å². The Labute approximate surface area is 143 Å². The summed E-state index contributed by atoms with van der Waals surface area (Å²) in [6, 6.07) is 7.05. The minimum absolute atomic E-state index is 0.176. The highest BCUT2D eigenvalue weighted by Crippen LogP contribution is 2.29. The van der Waals surface area contributed by atoms with E-state index >= 15 is 0 Å². The number of carbonyl (C=O) groups is 2. The largest absolute Gasteiger partial charge is 0.465 e. The number of amides is 1. The molecule has 0 atom stereocenters. The highest BCUT2D eigenvalue weighted by Gasteiger charge is 2.27. The van der Waals surface area contributed by atoms with Gasteiger partial charge in [0, 0.05) is 47.7 Å². The molecule has 0 unspecified atom stereocenters. The first-order valence-corrected chi connectivity index (χ1v) is 8.01. The van der Waals surface area contributed by atoms with Crippen molar-refractivity contribution < 1.29 is 18.8 Å². The Morgan fingerprint density at radius 3 is 2.88 bits per heavy atom. The van der Waals surface area contributed by atoms with Gasteiger partial charge >= 0.3 is 5.97 Å². The van der Waals surface area contributed by atoms with Crippen molar-refractivity contribution in [3.63, 3.8) is 0 Å². The molecule has 2 aromatic heterocycles. The lowest BCUT2D eigenvalue weighted by Gasteiger charge is -2.26. The van der Waals surface area contributed by atoms with Crippen LogP contribution in [0.2, 0.25) is 0 Å². The van der Waals surface area contributed by atoms with Gasteiger partial charge in [0.2, 0.25) is 5.76 Å². The van der Waals surface area contributed by atoms with Crippen LogP contribution in [0.4, 0.5) is 0 Å². The minimum Gasteiger partial charge on any atom is -0.465 e. The van der Waals surface area contributed by atoms with E-state index in [-0.39, 0.29) is 17.6 Å². The van der Waals surface area contributed by atoms with Crippen LogP contribution in [0.3, 0.4) is 0 Å². The highest BCUT2D eigenvalue weighted by atomic mass is 16.5. The van der Waals surface area contributed by atoms with Crippen LogP contribution in [0, 0.1) is 6.92 Å². The average molecular weight is 339 g/mol. The SMILES string of the molecule is COC(=O)c1ccc2[nH]c3c(c2c1)CN(C(=O)c1cc(C)no1)CC3. The summed E-state index contributed by atoms with van der Waals surface area (Å²) in [7, 11) is 1.36. The number of carbonyl (C=O) groups excluding carboxylic acids is 2. The van der Waals surface area contributed by atoms with E-state index in [9.17, 15) is 9.59 Å². The van der Waals surface area contributed by atoms with Crippen LogP contribution in [0.1, 0.15) is 37.9 Å². The molecule has 7 heteroatoms. The predicted octanol–water partition coefficient (Wildman–Crippen LogP) is 2.45. The first-order chi connectivity index (χ1) is 12.1. The van der Waals surface area contributed by atoms with Gasteiger partial charge in [0.05, 0.1) is 18.4 Å². The molecule has 4 rings (SSSR count). The highest BCUT2D eigenvalue weighted by molar-refractivity contribution is 5.97. The smallest absolute Gasteiger partial charge is 0.337 e. The van der Waals surface area contributed by atoms with Gasteiger partial charge in [-0.3, -0.25) is 4.79 Å². The van der Waals surface area contributed by atoms with E-state index in [4.69, 9.17) is 9.26 Å². The predicted molar refractivity (Wildman–Crippen MR) is 89.3 cm³/mol. The van der Waals surface area contributed by atoms with Gasteiger partial charge in [0.25, 0.3) is 5.91 Å². The molecule has 0 saturated carbocycles. The number of rotatable bonds is 2. The number of hydrogen-bond acceptors (Lipinski definition) is 5. The maximum atomic E-state index is 12.6. The van der Waals surface area contributed by atoms with Gasteiger partial charge in [-0.15, -0.1) is 0 Å². The van der Waals surface area contributed by atoms with Crippen molar-refractivity contribution in [1.82, 2.24) is 15.0 Å². The van der Waals surface area contributed by atoms with E-state index in [1.807, 2.05) is 12.1 Å². The summed E-state index contributed by atoms with van der Waals surface area (Å²) < 4.78 is 9.88. The summed E-state index contributed by atoms with van der Waals surface area (Å²) in [6.07, 6.45) is 0.719. The number of H-pyrrole nitrogens is 1. The number of aromatic amines is 1. The zero-order chi connectivity index (χ0) is 17.6. The zero-order valence-electron chi connectivity index (χ0n) is 14.0. The summed E-state index contributed by atoms with van der Waals surface area (Å²) in [5, 5.41) is 4.71. The molecule has 1 N–H and O–H groups in total. The number of aromatic nitrogens is 2. The third-order valence-corrected chi connectivity index (χ3v) is 4.52. The first-order valence-electron chi connectivity index (χ1n) is 8.01. The van der Waals surface area contributed by atoms with Gasteiger partial charge < -0.3 is 19.1 Å². The quantitative estimate of drug-likeness (QED) is 0.725. The van der Waals surface area contributed by atoms with E-state index in [0.29, 0.717) is 24.3 Å². The van der Waals surface area contributed by atoms with Crippen LogP contribution in [0.5, 0.6) is 0 Å². The van der Waals surface area contributed by atoms with Gasteiger partial charge in [-0.05, 0) is 25.1 Å². The Kier molecular flexibility index (Phi) is 3.56. The fraction of sp³-hybridized carbons (Fsp3) is 0.278. The molecular formula is C18H17N3O4. The molecule has 0 spiro atoms. The van der Waals surface area contributed by atoms with Crippen LogP contribution >= 0.6 is 0 Å². The lowest BCUT2D eigenvalue weighted by molar-refractivity contribution is 0.0600. The van der Waals surface area contributed by atoms with Crippen molar-refractivity contribution in [3.05, 3.63) is 52.5 Å². The number of esters is 1. The van der Waals surface area contributed by atoms with Crippen molar-refractivity contribution in [2.45, 2.75) is 19.9 Å². The topological polar surface area (TPSA) is 88.4 Å². The molecule has 1 aliphatic heterocycles. The number of methoxy groups -OCH3 is 1. The molecule has 0 aliphatic carbocycles. The Bertz CT molecular complexity index is 986. The van der Waals surface area contributed by atoms with Gasteiger partial charge in [-0.2, -0.15) is 0 Å². The maximum Gasteiger partial charge on any atom is 0.337 e. The van der Waals surface area contributed by atoms with Crippen LogP contribution in [-0.4, -0.2) is 40.6 Å². The third-order valence-electron chi connectivity index (χ3n) is 4.52. The summed E-state index contributed by atoms with van der Waals surface area (Å²) in [4.78, 5) is 29.5. The summed E-state index contributed by atoms with van der Waals surface area (Å²) in [6.45, 7) is 2.84. The van der Waals surface area contributed by atoms with E-state index < -0.39 is 0 Å². The average Bonchev–Trinajstić information content (AvgIpc) is 3.22. The summed E-state index contributed by atoms with van der Waals surface area (Å²) in [5.41, 5.74) is 4.23. The summed E-state index contributed by atoms with van der Waals surface area (Å²) in [5.74, 6) is -0.307. The molecule has 128 valence electrons. The van der Waals surface area contributed by atoms with E-state index in [2.05, 4.69) is 10.1 Å². The maximum absolute atomic E-state index is 12.6. The fourth-order valence-corrected chi connectivity index (χ4v) is 3.25. The number of aryl methyl sites for hydroxylation is 1. The molecule has 25 heavy (non-hydrogen) atoms. The van der Waals surface area contributed by atoms with E-state index in [0.717, 1.165) is 28.6 Å². The molecule has 0 bridgehead atoms. The standard InChI is InChI=1S/C18H17N3O4/c1-10-7-16(25-20-10)17(22)21-6-5-15-13(9-21)12-8-11(18(23)24-2)3-4-14(12)19-15/h3-4,7-8,19H,5-6,9H2,1-2H3. The number of hydrogen-bond donors (Lipinski definition) is 1. The minimum atomic E-state index is -0.377. The van der Waals surface area contributed by atoms with Gasteiger partial charge in [-0.25, -0.2) is 4.79 Å². The number of nitrogens with zero attached hydrogens (tertiary/aromatic N) is 2. The molecule has 0 radical (unpaired) electrons. The molecule has 1 aliphatic rings. The molecule has 0 fully saturated rings. The molecule has 7 nitrogen and oxygen atoms in total. The molecule has 3 heterocycles. The molecule has 1 aromatic carbocycles. The molecule has 0 saturated heterocycles. The molecular weight excluding hydrogens is 322 g/mol. The Balaban J connectivity index is 1.69. The third kappa shape index (κ3) is 2.57. The van der Waals surface area contributed by atoms with Crippen molar-refractivity contribution >= 4 is 22.8 Å². The normalized spacial score (nSPS) is 13.8. The molecule has 3 aromatic rings. The Hall–Kier alpha value is -3.09.